The zero-order valence-corrected chi connectivity index (χ0v) is 12.7. The summed E-state index contributed by atoms with van der Waals surface area (Å²) < 4.78 is 1.24. The smallest absolute Gasteiger partial charge is 0.223 e. The molecule has 0 spiro atoms. The van der Waals surface area contributed by atoms with Crippen LogP contribution in [0.1, 0.15) is 24.9 Å². The van der Waals surface area contributed by atoms with Crippen LogP contribution in [0.25, 0.3) is 0 Å². The first-order valence-corrected chi connectivity index (χ1v) is 6.77. The van der Waals surface area contributed by atoms with Gasteiger partial charge in [-0.2, -0.15) is 0 Å². The number of nitrogens with zero attached hydrogens (tertiary/aromatic N) is 1. The van der Waals surface area contributed by atoms with Gasteiger partial charge in [-0.25, -0.2) is 0 Å². The molecule has 0 bridgehead atoms. The first-order chi connectivity index (χ1) is 8.00. The van der Waals surface area contributed by atoms with Crippen molar-refractivity contribution in [3.05, 3.63) is 33.4 Å². The Balaban J connectivity index is 2.37. The molecule has 0 heterocycles. The van der Waals surface area contributed by atoms with Gasteiger partial charge in [0, 0.05) is 36.7 Å². The van der Waals surface area contributed by atoms with Gasteiger partial charge < -0.3 is 10.2 Å². The van der Waals surface area contributed by atoms with Crippen molar-refractivity contribution in [1.29, 1.82) is 0 Å². The third-order valence-electron chi connectivity index (χ3n) is 2.66. The van der Waals surface area contributed by atoms with E-state index < -0.39 is 0 Å². The van der Waals surface area contributed by atoms with E-state index in [0.29, 0.717) is 13.0 Å². The second-order valence-electron chi connectivity index (χ2n) is 4.27. The van der Waals surface area contributed by atoms with Gasteiger partial charge in [0.05, 0.1) is 0 Å². The van der Waals surface area contributed by atoms with Crippen LogP contribution in [0, 0.1) is 3.57 Å². The lowest BCUT2D eigenvalue weighted by molar-refractivity contribution is -0.128. The maximum absolute atomic E-state index is 11.4. The number of hydrogen-bond donors (Lipinski definition) is 1. The fourth-order valence-corrected chi connectivity index (χ4v) is 1.85. The molecule has 94 valence electrons. The first-order valence-electron chi connectivity index (χ1n) is 5.69. The molecule has 4 heteroatoms. The lowest BCUT2D eigenvalue weighted by Crippen LogP contribution is -2.28. The summed E-state index contributed by atoms with van der Waals surface area (Å²) in [5.41, 5.74) is 1.25. The molecule has 1 aromatic rings. The summed E-state index contributed by atoms with van der Waals surface area (Å²) in [6, 6.07) is 8.71. The van der Waals surface area contributed by atoms with Crippen LogP contribution in [-0.4, -0.2) is 31.4 Å². The number of nitrogens with one attached hydrogen (secondary N) is 1. The lowest BCUT2D eigenvalue weighted by Gasteiger charge is -2.15. The highest BCUT2D eigenvalue weighted by Crippen LogP contribution is 2.14. The Bertz CT molecular complexity index is 362. The van der Waals surface area contributed by atoms with Crippen molar-refractivity contribution in [2.75, 3.05) is 20.6 Å². The second kappa shape index (κ2) is 6.96. The number of hydrogen-bond acceptors (Lipinski definition) is 2. The van der Waals surface area contributed by atoms with Gasteiger partial charge in [0.1, 0.15) is 0 Å². The van der Waals surface area contributed by atoms with Gasteiger partial charge in [0.2, 0.25) is 5.91 Å². The molecule has 17 heavy (non-hydrogen) atoms. The number of benzene rings is 1. The van der Waals surface area contributed by atoms with Crippen LogP contribution >= 0.6 is 22.6 Å². The third-order valence-corrected chi connectivity index (χ3v) is 3.38. The van der Waals surface area contributed by atoms with Crippen LogP contribution in [0.5, 0.6) is 0 Å². The highest BCUT2D eigenvalue weighted by atomic mass is 127. The molecule has 3 nitrogen and oxygen atoms in total. The Hall–Kier alpha value is -0.620. The predicted molar refractivity (Wildman–Crippen MR) is 78.9 cm³/mol. The molecule has 0 aromatic heterocycles. The second-order valence-corrected chi connectivity index (χ2v) is 5.51. The molecule has 0 aliphatic rings. The van der Waals surface area contributed by atoms with Crippen LogP contribution in [0.3, 0.4) is 0 Å². The van der Waals surface area contributed by atoms with Gasteiger partial charge in [0.15, 0.2) is 0 Å². The summed E-state index contributed by atoms with van der Waals surface area (Å²) in [5.74, 6) is 0.160. The number of carbonyl (C=O) groups excluding carboxylic acids is 1. The number of amides is 1. The minimum absolute atomic E-state index is 0.160. The Morgan fingerprint density at radius 2 is 1.94 bits per heavy atom. The van der Waals surface area contributed by atoms with Gasteiger partial charge in [-0.1, -0.05) is 12.1 Å². The maximum Gasteiger partial charge on any atom is 0.223 e. The van der Waals surface area contributed by atoms with E-state index in [0.717, 1.165) is 0 Å². The molecule has 0 saturated heterocycles. The van der Waals surface area contributed by atoms with Crippen molar-refractivity contribution in [2.45, 2.75) is 19.4 Å². The Morgan fingerprint density at radius 3 is 2.47 bits per heavy atom. The van der Waals surface area contributed by atoms with E-state index in [1.165, 1.54) is 9.13 Å². The fourth-order valence-electron chi connectivity index (χ4n) is 1.49. The van der Waals surface area contributed by atoms with E-state index >= 15 is 0 Å². The standard InChI is InChI=1S/C13H19IN2O/c1-10(11-4-6-12(14)7-5-11)15-9-8-13(17)16(2)3/h4-7,10,15H,8-9H2,1-3H3. The van der Waals surface area contributed by atoms with Crippen molar-refractivity contribution in [2.24, 2.45) is 0 Å². The van der Waals surface area contributed by atoms with Gasteiger partial charge in [0.25, 0.3) is 0 Å². The quantitative estimate of drug-likeness (QED) is 0.831. The molecular formula is C13H19IN2O. The predicted octanol–water partition coefficient (Wildman–Crippen LogP) is 2.42. The van der Waals surface area contributed by atoms with Gasteiger partial charge in [-0.15, -0.1) is 0 Å². The van der Waals surface area contributed by atoms with E-state index in [2.05, 4.69) is 59.1 Å². The van der Waals surface area contributed by atoms with Crippen LogP contribution in [0.2, 0.25) is 0 Å². The first kappa shape index (κ1) is 14.4. The van der Waals surface area contributed by atoms with Crippen LogP contribution in [-0.2, 0) is 4.79 Å². The molecule has 1 amide bonds. The van der Waals surface area contributed by atoms with Crippen LogP contribution in [0.4, 0.5) is 0 Å². The lowest BCUT2D eigenvalue weighted by atomic mass is 10.1. The molecule has 1 N–H and O–H groups in total. The monoisotopic (exact) mass is 346 g/mol. The molecule has 1 atom stereocenters. The zero-order chi connectivity index (χ0) is 12.8. The average Bonchev–Trinajstić information content (AvgIpc) is 2.29. The largest absolute Gasteiger partial charge is 0.349 e. The average molecular weight is 346 g/mol. The van der Waals surface area contributed by atoms with E-state index in [9.17, 15) is 4.79 Å². The molecule has 1 rings (SSSR count). The number of carbonyl (C=O) groups is 1. The Kier molecular flexibility index (Phi) is 5.91. The molecule has 0 fully saturated rings. The number of halogens is 1. The van der Waals surface area contributed by atoms with Crippen molar-refractivity contribution in [1.82, 2.24) is 10.2 Å². The van der Waals surface area contributed by atoms with Gasteiger partial charge >= 0.3 is 0 Å². The van der Waals surface area contributed by atoms with Crippen molar-refractivity contribution in [3.63, 3.8) is 0 Å². The molecule has 0 radical (unpaired) electrons. The molecule has 0 saturated carbocycles. The summed E-state index contributed by atoms with van der Waals surface area (Å²) in [5, 5.41) is 3.35. The summed E-state index contributed by atoms with van der Waals surface area (Å²) in [7, 11) is 3.57. The Morgan fingerprint density at radius 1 is 1.35 bits per heavy atom. The molecule has 1 aromatic carbocycles. The van der Waals surface area contributed by atoms with E-state index in [4.69, 9.17) is 0 Å². The van der Waals surface area contributed by atoms with Crippen molar-refractivity contribution in [3.8, 4) is 0 Å². The zero-order valence-electron chi connectivity index (χ0n) is 10.5. The van der Waals surface area contributed by atoms with E-state index in [1.807, 2.05) is 0 Å². The topological polar surface area (TPSA) is 32.3 Å². The SMILES string of the molecule is CC(NCCC(=O)N(C)C)c1ccc(I)cc1. The number of rotatable bonds is 5. The molecule has 0 aliphatic carbocycles. The van der Waals surface area contributed by atoms with Gasteiger partial charge in [-0.3, -0.25) is 4.79 Å². The maximum atomic E-state index is 11.4. The van der Waals surface area contributed by atoms with Crippen LogP contribution in [0.15, 0.2) is 24.3 Å². The molecule has 1 unspecified atom stereocenters. The summed E-state index contributed by atoms with van der Waals surface area (Å²) >= 11 is 2.29. The van der Waals surface area contributed by atoms with Gasteiger partial charge in [-0.05, 0) is 47.2 Å². The van der Waals surface area contributed by atoms with Crippen molar-refractivity contribution < 1.29 is 4.79 Å². The minimum Gasteiger partial charge on any atom is -0.349 e. The molecular weight excluding hydrogens is 327 g/mol. The normalized spacial score (nSPS) is 12.2. The minimum atomic E-state index is 0.160. The third kappa shape index (κ3) is 5.04. The van der Waals surface area contributed by atoms with Crippen LogP contribution < -0.4 is 5.32 Å². The van der Waals surface area contributed by atoms with E-state index in [1.54, 1.807) is 19.0 Å². The summed E-state index contributed by atoms with van der Waals surface area (Å²) in [4.78, 5) is 13.0. The molecule has 0 aliphatic heterocycles. The Labute approximate surface area is 117 Å². The summed E-state index contributed by atoms with van der Waals surface area (Å²) in [6.45, 7) is 2.83. The fraction of sp³-hybridized carbons (Fsp3) is 0.462. The highest BCUT2D eigenvalue weighted by Gasteiger charge is 2.07. The van der Waals surface area contributed by atoms with Crippen molar-refractivity contribution >= 4 is 28.5 Å². The summed E-state index contributed by atoms with van der Waals surface area (Å²) in [6.07, 6.45) is 0.543. The van der Waals surface area contributed by atoms with E-state index in [-0.39, 0.29) is 11.9 Å². The highest BCUT2D eigenvalue weighted by molar-refractivity contribution is 14.1.